The van der Waals surface area contributed by atoms with Gasteiger partial charge in [-0.1, -0.05) is 29.8 Å². The van der Waals surface area contributed by atoms with E-state index in [4.69, 9.17) is 0 Å². The van der Waals surface area contributed by atoms with E-state index >= 15 is 0 Å². The highest BCUT2D eigenvalue weighted by Gasteiger charge is 2.26. The first kappa shape index (κ1) is 16.0. The van der Waals surface area contributed by atoms with Crippen molar-refractivity contribution < 1.29 is 14.4 Å². The minimum Gasteiger partial charge on any atom is -0.344 e. The first-order valence-electron chi connectivity index (χ1n) is 7.35. The minimum atomic E-state index is -0.599. The lowest BCUT2D eigenvalue weighted by Crippen LogP contribution is -2.53. The number of hydrogen-bond donors (Lipinski definition) is 1. The van der Waals surface area contributed by atoms with Crippen molar-refractivity contribution in [2.24, 2.45) is 0 Å². The Morgan fingerprint density at radius 3 is 2.32 bits per heavy atom. The minimum absolute atomic E-state index is 0.00371. The summed E-state index contributed by atoms with van der Waals surface area (Å²) < 4.78 is 0. The third-order valence-corrected chi connectivity index (χ3v) is 3.74. The van der Waals surface area contributed by atoms with E-state index in [1.807, 2.05) is 31.2 Å². The molecule has 0 radical (unpaired) electrons. The Morgan fingerprint density at radius 2 is 1.73 bits per heavy atom. The number of piperazine rings is 1. The van der Waals surface area contributed by atoms with Gasteiger partial charge in [-0.25, -0.2) is 0 Å². The first-order chi connectivity index (χ1) is 10.5. The van der Waals surface area contributed by atoms with Gasteiger partial charge in [-0.05, 0) is 12.5 Å². The summed E-state index contributed by atoms with van der Waals surface area (Å²) in [7, 11) is 0. The Morgan fingerprint density at radius 1 is 1.09 bits per heavy atom. The molecule has 0 aliphatic carbocycles. The standard InChI is InChI=1S/C16H21N3O3/c1-12-4-3-5-14(10-12)11-17-15(21)16(22)19-8-6-18(7-9-19)13(2)20/h3-5,10H,6-9,11H2,1-2H3,(H,17,21). The highest BCUT2D eigenvalue weighted by molar-refractivity contribution is 6.35. The maximum atomic E-state index is 12.1. The lowest BCUT2D eigenvalue weighted by molar-refractivity contribution is -0.148. The molecule has 0 spiro atoms. The van der Waals surface area contributed by atoms with Gasteiger partial charge < -0.3 is 15.1 Å². The number of nitrogens with one attached hydrogen (secondary N) is 1. The van der Waals surface area contributed by atoms with Crippen molar-refractivity contribution in [3.05, 3.63) is 35.4 Å². The predicted molar refractivity (Wildman–Crippen MR) is 81.9 cm³/mol. The van der Waals surface area contributed by atoms with E-state index < -0.39 is 11.8 Å². The van der Waals surface area contributed by atoms with E-state index in [0.717, 1.165) is 11.1 Å². The zero-order chi connectivity index (χ0) is 16.1. The lowest BCUT2D eigenvalue weighted by atomic mass is 10.1. The highest BCUT2D eigenvalue weighted by atomic mass is 16.2. The van der Waals surface area contributed by atoms with Crippen LogP contribution in [0.15, 0.2) is 24.3 Å². The molecule has 0 unspecified atom stereocenters. The summed E-state index contributed by atoms with van der Waals surface area (Å²) in [6, 6.07) is 7.77. The maximum absolute atomic E-state index is 12.1. The number of benzene rings is 1. The molecule has 1 N–H and O–H groups in total. The smallest absolute Gasteiger partial charge is 0.312 e. The number of aryl methyl sites for hydroxylation is 1. The van der Waals surface area contributed by atoms with Gasteiger partial charge in [0, 0.05) is 39.6 Å². The van der Waals surface area contributed by atoms with Gasteiger partial charge in [0.25, 0.3) is 0 Å². The highest BCUT2D eigenvalue weighted by Crippen LogP contribution is 2.05. The van der Waals surface area contributed by atoms with Gasteiger partial charge in [-0.15, -0.1) is 0 Å². The molecular formula is C16H21N3O3. The third kappa shape index (κ3) is 4.07. The molecule has 1 heterocycles. The van der Waals surface area contributed by atoms with Gasteiger partial charge in [-0.3, -0.25) is 14.4 Å². The van der Waals surface area contributed by atoms with Crippen molar-refractivity contribution in [1.82, 2.24) is 15.1 Å². The topological polar surface area (TPSA) is 69.7 Å². The van der Waals surface area contributed by atoms with Gasteiger partial charge in [0.1, 0.15) is 0 Å². The van der Waals surface area contributed by atoms with Gasteiger partial charge in [0.2, 0.25) is 5.91 Å². The van der Waals surface area contributed by atoms with Crippen molar-refractivity contribution in [2.75, 3.05) is 26.2 Å². The molecule has 1 fully saturated rings. The van der Waals surface area contributed by atoms with Crippen LogP contribution in [0.5, 0.6) is 0 Å². The fourth-order valence-electron chi connectivity index (χ4n) is 2.45. The number of carbonyl (C=O) groups is 3. The number of amides is 3. The summed E-state index contributed by atoms with van der Waals surface area (Å²) in [5.74, 6) is -1.13. The first-order valence-corrected chi connectivity index (χ1v) is 7.35. The van der Waals surface area contributed by atoms with E-state index in [9.17, 15) is 14.4 Å². The van der Waals surface area contributed by atoms with Crippen LogP contribution in [0.2, 0.25) is 0 Å². The number of nitrogens with zero attached hydrogens (tertiary/aromatic N) is 2. The van der Waals surface area contributed by atoms with E-state index in [-0.39, 0.29) is 5.91 Å². The van der Waals surface area contributed by atoms with Crippen LogP contribution in [0.3, 0.4) is 0 Å². The Bertz CT molecular complexity index is 578. The zero-order valence-corrected chi connectivity index (χ0v) is 13.0. The molecular weight excluding hydrogens is 282 g/mol. The SMILES string of the molecule is CC(=O)N1CCN(C(=O)C(=O)NCc2cccc(C)c2)CC1. The molecule has 118 valence electrons. The molecule has 0 bridgehead atoms. The summed E-state index contributed by atoms with van der Waals surface area (Å²) in [6.07, 6.45) is 0. The molecule has 1 aromatic carbocycles. The number of hydrogen-bond acceptors (Lipinski definition) is 3. The van der Waals surface area contributed by atoms with Crippen LogP contribution in [0, 0.1) is 6.92 Å². The molecule has 0 atom stereocenters. The average Bonchev–Trinajstić information content (AvgIpc) is 2.52. The second kappa shape index (κ2) is 7.06. The second-order valence-electron chi connectivity index (χ2n) is 5.47. The summed E-state index contributed by atoms with van der Waals surface area (Å²) in [5, 5.41) is 2.65. The van der Waals surface area contributed by atoms with Crippen LogP contribution < -0.4 is 5.32 Å². The fraction of sp³-hybridized carbons (Fsp3) is 0.438. The lowest BCUT2D eigenvalue weighted by Gasteiger charge is -2.33. The molecule has 0 saturated carbocycles. The molecule has 22 heavy (non-hydrogen) atoms. The van der Waals surface area contributed by atoms with Gasteiger partial charge >= 0.3 is 11.8 Å². The maximum Gasteiger partial charge on any atom is 0.312 e. The molecule has 0 aromatic heterocycles. The summed E-state index contributed by atoms with van der Waals surface area (Å²) >= 11 is 0. The predicted octanol–water partition coefficient (Wildman–Crippen LogP) is 0.302. The Balaban J connectivity index is 1.83. The summed E-state index contributed by atoms with van der Waals surface area (Å²) in [4.78, 5) is 38.4. The Labute approximate surface area is 130 Å². The van der Waals surface area contributed by atoms with Crippen molar-refractivity contribution in [3.63, 3.8) is 0 Å². The summed E-state index contributed by atoms with van der Waals surface area (Å²) in [6.45, 7) is 5.57. The van der Waals surface area contributed by atoms with E-state index in [1.54, 1.807) is 4.90 Å². The van der Waals surface area contributed by atoms with Crippen LogP contribution in [-0.4, -0.2) is 53.7 Å². The largest absolute Gasteiger partial charge is 0.344 e. The monoisotopic (exact) mass is 303 g/mol. The van der Waals surface area contributed by atoms with Gasteiger partial charge in [-0.2, -0.15) is 0 Å². The van der Waals surface area contributed by atoms with Crippen LogP contribution in [0.4, 0.5) is 0 Å². The molecule has 1 aliphatic heterocycles. The van der Waals surface area contributed by atoms with Crippen LogP contribution in [0.25, 0.3) is 0 Å². The quantitative estimate of drug-likeness (QED) is 0.799. The Kier molecular flexibility index (Phi) is 5.14. The molecule has 2 rings (SSSR count). The fourth-order valence-corrected chi connectivity index (χ4v) is 2.45. The molecule has 1 saturated heterocycles. The second-order valence-corrected chi connectivity index (χ2v) is 5.47. The number of rotatable bonds is 2. The van der Waals surface area contributed by atoms with Crippen molar-refractivity contribution in [3.8, 4) is 0 Å². The average molecular weight is 303 g/mol. The summed E-state index contributed by atoms with van der Waals surface area (Å²) in [5.41, 5.74) is 2.07. The van der Waals surface area contributed by atoms with E-state index in [1.165, 1.54) is 11.8 Å². The van der Waals surface area contributed by atoms with Crippen LogP contribution >= 0.6 is 0 Å². The molecule has 1 aliphatic rings. The van der Waals surface area contributed by atoms with Crippen molar-refractivity contribution in [2.45, 2.75) is 20.4 Å². The Hall–Kier alpha value is -2.37. The normalized spacial score (nSPS) is 14.6. The van der Waals surface area contributed by atoms with Crippen molar-refractivity contribution >= 4 is 17.7 Å². The molecule has 6 heteroatoms. The van der Waals surface area contributed by atoms with E-state index in [0.29, 0.717) is 32.7 Å². The van der Waals surface area contributed by atoms with Gasteiger partial charge in [0.15, 0.2) is 0 Å². The van der Waals surface area contributed by atoms with E-state index in [2.05, 4.69) is 5.32 Å². The molecule has 3 amide bonds. The van der Waals surface area contributed by atoms with Gasteiger partial charge in [0.05, 0.1) is 0 Å². The van der Waals surface area contributed by atoms with Crippen LogP contribution in [-0.2, 0) is 20.9 Å². The van der Waals surface area contributed by atoms with Crippen LogP contribution in [0.1, 0.15) is 18.1 Å². The molecule has 1 aromatic rings. The zero-order valence-electron chi connectivity index (χ0n) is 13.0. The number of carbonyl (C=O) groups excluding carboxylic acids is 3. The third-order valence-electron chi connectivity index (χ3n) is 3.74. The van der Waals surface area contributed by atoms with Crippen molar-refractivity contribution in [1.29, 1.82) is 0 Å². The molecule has 6 nitrogen and oxygen atoms in total.